The summed E-state index contributed by atoms with van der Waals surface area (Å²) in [5, 5.41) is 7.74. The molecular weight excluding hydrogens is 228 g/mol. The van der Waals surface area contributed by atoms with Gasteiger partial charge >= 0.3 is 5.97 Å². The molecule has 17 heavy (non-hydrogen) atoms. The largest absolute Gasteiger partial charge is 0.462 e. The third kappa shape index (κ3) is 1.51. The summed E-state index contributed by atoms with van der Waals surface area (Å²) in [5.74, 6) is -4.60. The molecule has 4 atom stereocenters. The molecule has 0 spiro atoms. The molecule has 0 bridgehead atoms. The summed E-state index contributed by atoms with van der Waals surface area (Å²) in [7, 11) is 0. The van der Waals surface area contributed by atoms with Crippen molar-refractivity contribution in [2.75, 3.05) is 0 Å². The molecule has 0 radical (unpaired) electrons. The monoisotopic (exact) mass is 245 g/mol. The van der Waals surface area contributed by atoms with Crippen LogP contribution in [0.25, 0.3) is 0 Å². The van der Waals surface area contributed by atoms with Gasteiger partial charge in [-0.3, -0.25) is 4.79 Å². The Hall–Kier alpha value is -1.00. The van der Waals surface area contributed by atoms with E-state index < -0.39 is 29.6 Å². The van der Waals surface area contributed by atoms with Gasteiger partial charge in [-0.15, -0.1) is 0 Å². The van der Waals surface area contributed by atoms with Crippen molar-refractivity contribution in [2.45, 2.75) is 45.6 Å². The molecule has 96 valence electrons. The lowest BCUT2D eigenvalue weighted by Gasteiger charge is -2.43. The molecule has 1 heterocycles. The highest BCUT2D eigenvalue weighted by atomic mass is 19.3. The Kier molecular flexibility index (Phi) is 2.56. The summed E-state index contributed by atoms with van der Waals surface area (Å²) in [6.07, 6.45) is -0.721. The first kappa shape index (κ1) is 12.5. The van der Waals surface area contributed by atoms with E-state index in [1.165, 1.54) is 13.8 Å². The van der Waals surface area contributed by atoms with Crippen molar-refractivity contribution >= 4 is 11.7 Å². The van der Waals surface area contributed by atoms with Crippen molar-refractivity contribution in [1.82, 2.24) is 0 Å². The molecule has 2 fully saturated rings. The summed E-state index contributed by atoms with van der Waals surface area (Å²) in [6.45, 7) is 4.65. The van der Waals surface area contributed by atoms with Gasteiger partial charge in [0.25, 0.3) is 5.92 Å². The van der Waals surface area contributed by atoms with Gasteiger partial charge in [-0.05, 0) is 20.3 Å². The summed E-state index contributed by atoms with van der Waals surface area (Å²) < 4.78 is 32.8. The second kappa shape index (κ2) is 3.50. The molecular formula is C12H17F2NO2. The van der Waals surface area contributed by atoms with Gasteiger partial charge in [-0.2, -0.15) is 0 Å². The van der Waals surface area contributed by atoms with Gasteiger partial charge < -0.3 is 10.1 Å². The van der Waals surface area contributed by atoms with Crippen molar-refractivity contribution < 1.29 is 18.3 Å². The van der Waals surface area contributed by atoms with Gasteiger partial charge in [0.05, 0.1) is 0 Å². The zero-order chi connectivity index (χ0) is 13.0. The average Bonchev–Trinajstić information content (AvgIpc) is 2.41. The minimum Gasteiger partial charge on any atom is -0.462 e. The fourth-order valence-corrected chi connectivity index (χ4v) is 3.17. The number of alkyl halides is 2. The molecule has 2 aliphatic rings. The van der Waals surface area contributed by atoms with Crippen LogP contribution in [-0.2, 0) is 9.53 Å². The van der Waals surface area contributed by atoms with Crippen LogP contribution >= 0.6 is 0 Å². The van der Waals surface area contributed by atoms with Crippen LogP contribution in [0.2, 0.25) is 0 Å². The fraction of sp³-hybridized carbons (Fsp3) is 0.833. The van der Waals surface area contributed by atoms with Gasteiger partial charge in [-0.1, -0.05) is 6.92 Å². The molecule has 5 heteroatoms. The first-order chi connectivity index (χ1) is 7.71. The maximum absolute atomic E-state index is 13.8. The topological polar surface area (TPSA) is 50.1 Å². The van der Waals surface area contributed by atoms with Crippen LogP contribution in [-0.4, -0.2) is 23.7 Å². The zero-order valence-electron chi connectivity index (χ0n) is 10.2. The van der Waals surface area contributed by atoms with E-state index in [1.807, 2.05) is 0 Å². The van der Waals surface area contributed by atoms with Crippen LogP contribution in [0.4, 0.5) is 8.78 Å². The SMILES string of the molecule is CC(=N)C12CC(F)(F)C(C)CC1C(C)OC2=O. The number of esters is 1. The number of carbonyl (C=O) groups is 1. The van der Waals surface area contributed by atoms with Gasteiger partial charge in [0.2, 0.25) is 0 Å². The van der Waals surface area contributed by atoms with E-state index in [0.29, 0.717) is 0 Å². The molecule has 0 aromatic carbocycles. The molecule has 1 saturated carbocycles. The Balaban J connectivity index is 2.47. The predicted molar refractivity (Wildman–Crippen MR) is 58.2 cm³/mol. The Morgan fingerprint density at radius 1 is 1.47 bits per heavy atom. The summed E-state index contributed by atoms with van der Waals surface area (Å²) in [6, 6.07) is 0. The fourth-order valence-electron chi connectivity index (χ4n) is 3.17. The molecule has 0 aromatic heterocycles. The molecule has 0 aromatic rings. The number of nitrogens with one attached hydrogen (secondary N) is 1. The number of fused-ring (bicyclic) bond motifs is 1. The lowest BCUT2D eigenvalue weighted by molar-refractivity contribution is -0.155. The van der Waals surface area contributed by atoms with Gasteiger partial charge in [0.1, 0.15) is 11.5 Å². The molecule has 2 rings (SSSR count). The van der Waals surface area contributed by atoms with Crippen LogP contribution in [0.15, 0.2) is 0 Å². The first-order valence-corrected chi connectivity index (χ1v) is 5.86. The van der Waals surface area contributed by atoms with Crippen LogP contribution in [0, 0.1) is 22.7 Å². The Labute approximate surface area is 99.0 Å². The number of rotatable bonds is 1. The number of carbonyl (C=O) groups excluding carboxylic acids is 1. The average molecular weight is 245 g/mol. The molecule has 1 aliphatic carbocycles. The predicted octanol–water partition coefficient (Wildman–Crippen LogP) is 2.64. The lowest BCUT2D eigenvalue weighted by Crippen LogP contribution is -2.52. The standard InChI is InChI=1S/C12H17F2NO2/c1-6-4-9-7(2)17-10(16)11(9,8(3)15)5-12(6,13)14/h6-7,9,15H,4-5H2,1-3H3. The van der Waals surface area contributed by atoms with E-state index in [4.69, 9.17) is 10.1 Å². The maximum atomic E-state index is 13.8. The molecule has 1 N–H and O–H groups in total. The normalized spacial score (nSPS) is 44.1. The number of cyclic esters (lactones) is 1. The van der Waals surface area contributed by atoms with E-state index in [9.17, 15) is 13.6 Å². The molecule has 1 saturated heterocycles. The number of halogens is 2. The van der Waals surface area contributed by atoms with Crippen LogP contribution in [0.1, 0.15) is 33.6 Å². The third-order valence-electron chi connectivity index (χ3n) is 4.37. The second-order valence-electron chi connectivity index (χ2n) is 5.39. The van der Waals surface area contributed by atoms with Crippen molar-refractivity contribution in [2.24, 2.45) is 17.3 Å². The molecule has 0 amide bonds. The number of hydrogen-bond acceptors (Lipinski definition) is 3. The van der Waals surface area contributed by atoms with Crippen LogP contribution in [0.3, 0.4) is 0 Å². The third-order valence-corrected chi connectivity index (χ3v) is 4.37. The Bertz CT molecular complexity index is 383. The number of hydrogen-bond donors (Lipinski definition) is 1. The number of ether oxygens (including phenoxy) is 1. The Morgan fingerprint density at radius 2 is 2.06 bits per heavy atom. The molecule has 4 unspecified atom stereocenters. The Morgan fingerprint density at radius 3 is 2.59 bits per heavy atom. The summed E-state index contributed by atoms with van der Waals surface area (Å²) >= 11 is 0. The maximum Gasteiger partial charge on any atom is 0.318 e. The first-order valence-electron chi connectivity index (χ1n) is 5.86. The summed E-state index contributed by atoms with van der Waals surface area (Å²) in [4.78, 5) is 11.9. The van der Waals surface area contributed by atoms with E-state index in [0.717, 1.165) is 0 Å². The van der Waals surface area contributed by atoms with Gasteiger partial charge in [0.15, 0.2) is 0 Å². The van der Waals surface area contributed by atoms with Crippen LogP contribution < -0.4 is 0 Å². The smallest absolute Gasteiger partial charge is 0.318 e. The molecule has 3 nitrogen and oxygen atoms in total. The lowest BCUT2D eigenvalue weighted by atomic mass is 9.60. The van der Waals surface area contributed by atoms with Crippen LogP contribution in [0.5, 0.6) is 0 Å². The quantitative estimate of drug-likeness (QED) is 0.570. The zero-order valence-corrected chi connectivity index (χ0v) is 10.2. The molecule has 1 aliphatic heterocycles. The minimum absolute atomic E-state index is 0.00317. The highest BCUT2D eigenvalue weighted by Crippen LogP contribution is 2.56. The van der Waals surface area contributed by atoms with Gasteiger partial charge in [-0.25, -0.2) is 8.78 Å². The van der Waals surface area contributed by atoms with Crippen molar-refractivity contribution in [3.8, 4) is 0 Å². The highest BCUT2D eigenvalue weighted by Gasteiger charge is 2.65. The van der Waals surface area contributed by atoms with E-state index in [-0.39, 0.29) is 24.2 Å². The van der Waals surface area contributed by atoms with E-state index in [2.05, 4.69) is 0 Å². The second-order valence-corrected chi connectivity index (χ2v) is 5.39. The summed E-state index contributed by atoms with van der Waals surface area (Å²) in [5.41, 5.74) is -1.39. The highest BCUT2D eigenvalue weighted by molar-refractivity contribution is 6.06. The van der Waals surface area contributed by atoms with Crippen molar-refractivity contribution in [3.63, 3.8) is 0 Å². The van der Waals surface area contributed by atoms with E-state index in [1.54, 1.807) is 6.92 Å². The van der Waals surface area contributed by atoms with Crippen molar-refractivity contribution in [1.29, 1.82) is 5.41 Å². The van der Waals surface area contributed by atoms with Gasteiger partial charge in [0, 0.05) is 24.0 Å². The van der Waals surface area contributed by atoms with E-state index >= 15 is 0 Å². The minimum atomic E-state index is -2.90. The van der Waals surface area contributed by atoms with Crippen molar-refractivity contribution in [3.05, 3.63) is 0 Å².